The van der Waals surface area contributed by atoms with Gasteiger partial charge in [-0.3, -0.25) is 0 Å². The van der Waals surface area contributed by atoms with Crippen LogP contribution in [0.1, 0.15) is 43.4 Å². The molecule has 17 heavy (non-hydrogen) atoms. The molecule has 0 fully saturated rings. The maximum absolute atomic E-state index is 4.90. The highest BCUT2D eigenvalue weighted by molar-refractivity contribution is 5.66. The molecule has 0 bridgehead atoms. The third-order valence-electron chi connectivity index (χ3n) is 3.88. The lowest BCUT2D eigenvalue weighted by Gasteiger charge is -2.19. The minimum absolute atomic E-state index is 1.00. The quantitative estimate of drug-likeness (QED) is 0.845. The number of nitrogens with one attached hydrogen (secondary N) is 1. The fourth-order valence-corrected chi connectivity index (χ4v) is 2.98. The van der Waals surface area contributed by atoms with Crippen LogP contribution in [0.15, 0.2) is 6.08 Å². The summed E-state index contributed by atoms with van der Waals surface area (Å²) in [6.45, 7) is 5.49. The molecule has 3 rings (SSSR count). The standard InChI is InChI=1S/C14H21N3/c1-2-13-16-14(11-6-8-15-9-7-11)12-5-3-4-10-17(12)13/h6,15H,2-5,7-10H2,1H3. The summed E-state index contributed by atoms with van der Waals surface area (Å²) in [5, 5.41) is 3.37. The maximum atomic E-state index is 4.90. The Labute approximate surface area is 103 Å². The second-order valence-electron chi connectivity index (χ2n) is 4.97. The lowest BCUT2D eigenvalue weighted by Crippen LogP contribution is -2.20. The molecule has 0 aliphatic carbocycles. The van der Waals surface area contributed by atoms with E-state index >= 15 is 0 Å². The Balaban J connectivity index is 2.04. The van der Waals surface area contributed by atoms with Crippen molar-refractivity contribution >= 4 is 5.57 Å². The average molecular weight is 231 g/mol. The lowest BCUT2D eigenvalue weighted by atomic mass is 10.0. The summed E-state index contributed by atoms with van der Waals surface area (Å²) >= 11 is 0. The van der Waals surface area contributed by atoms with Gasteiger partial charge in [-0.05, 0) is 37.8 Å². The molecule has 0 spiro atoms. The number of aryl methyl sites for hydroxylation is 1. The van der Waals surface area contributed by atoms with Gasteiger partial charge in [-0.2, -0.15) is 0 Å². The monoisotopic (exact) mass is 231 g/mol. The van der Waals surface area contributed by atoms with Gasteiger partial charge in [0, 0.05) is 25.2 Å². The van der Waals surface area contributed by atoms with Crippen LogP contribution >= 0.6 is 0 Å². The van der Waals surface area contributed by atoms with Gasteiger partial charge < -0.3 is 9.88 Å². The van der Waals surface area contributed by atoms with Crippen LogP contribution in [0.2, 0.25) is 0 Å². The summed E-state index contributed by atoms with van der Waals surface area (Å²) in [4.78, 5) is 4.90. The summed E-state index contributed by atoms with van der Waals surface area (Å²) in [5.74, 6) is 1.29. The van der Waals surface area contributed by atoms with Crippen molar-refractivity contribution in [3.8, 4) is 0 Å². The average Bonchev–Trinajstić information content (AvgIpc) is 2.78. The molecule has 2 aliphatic rings. The second kappa shape index (κ2) is 4.65. The van der Waals surface area contributed by atoms with Crippen LogP contribution < -0.4 is 5.32 Å². The van der Waals surface area contributed by atoms with Gasteiger partial charge in [-0.1, -0.05) is 13.0 Å². The fourth-order valence-electron chi connectivity index (χ4n) is 2.98. The van der Waals surface area contributed by atoms with Crippen molar-refractivity contribution in [2.24, 2.45) is 0 Å². The van der Waals surface area contributed by atoms with Crippen LogP contribution in [-0.4, -0.2) is 22.6 Å². The molecule has 3 heterocycles. The highest BCUT2D eigenvalue weighted by Gasteiger charge is 2.21. The summed E-state index contributed by atoms with van der Waals surface area (Å²) in [6.07, 6.45) is 8.36. The topological polar surface area (TPSA) is 29.9 Å². The predicted molar refractivity (Wildman–Crippen MR) is 70.0 cm³/mol. The zero-order chi connectivity index (χ0) is 11.7. The third kappa shape index (κ3) is 1.93. The number of aromatic nitrogens is 2. The van der Waals surface area contributed by atoms with Crippen molar-refractivity contribution in [3.63, 3.8) is 0 Å². The Kier molecular flexibility index (Phi) is 3.02. The van der Waals surface area contributed by atoms with Gasteiger partial charge in [0.25, 0.3) is 0 Å². The first-order valence-electron chi connectivity index (χ1n) is 6.88. The van der Waals surface area contributed by atoms with Crippen molar-refractivity contribution in [2.45, 2.75) is 45.6 Å². The van der Waals surface area contributed by atoms with E-state index in [1.165, 1.54) is 48.6 Å². The first-order valence-corrected chi connectivity index (χ1v) is 6.88. The van der Waals surface area contributed by atoms with Crippen molar-refractivity contribution in [1.82, 2.24) is 14.9 Å². The van der Waals surface area contributed by atoms with Gasteiger partial charge in [-0.25, -0.2) is 4.98 Å². The largest absolute Gasteiger partial charge is 0.331 e. The molecule has 3 heteroatoms. The third-order valence-corrected chi connectivity index (χ3v) is 3.88. The first-order chi connectivity index (χ1) is 8.40. The fraction of sp³-hybridized carbons (Fsp3) is 0.643. The normalized spacial score (nSPS) is 19.9. The van der Waals surface area contributed by atoms with Crippen LogP contribution in [0.4, 0.5) is 0 Å². The molecule has 1 aromatic heterocycles. The molecular weight excluding hydrogens is 210 g/mol. The molecule has 0 unspecified atom stereocenters. The van der Waals surface area contributed by atoms with Gasteiger partial charge >= 0.3 is 0 Å². The summed E-state index contributed by atoms with van der Waals surface area (Å²) in [5.41, 5.74) is 4.28. The molecule has 1 aromatic rings. The predicted octanol–water partition coefficient (Wildman–Crippen LogP) is 2.16. The van der Waals surface area contributed by atoms with Gasteiger partial charge in [-0.15, -0.1) is 0 Å². The molecule has 0 amide bonds. The molecule has 92 valence electrons. The van der Waals surface area contributed by atoms with E-state index in [2.05, 4.69) is 22.9 Å². The van der Waals surface area contributed by atoms with Gasteiger partial charge in [0.1, 0.15) is 5.82 Å². The van der Waals surface area contributed by atoms with E-state index in [4.69, 9.17) is 4.98 Å². The number of imidazole rings is 1. The molecule has 0 saturated heterocycles. The number of nitrogens with zero attached hydrogens (tertiary/aromatic N) is 2. The lowest BCUT2D eigenvalue weighted by molar-refractivity contribution is 0.515. The SMILES string of the molecule is CCc1nc(C2=CCNCC2)c2n1CCCC2. The van der Waals surface area contributed by atoms with Crippen molar-refractivity contribution in [1.29, 1.82) is 0 Å². The Hall–Kier alpha value is -1.09. The molecule has 0 aromatic carbocycles. The van der Waals surface area contributed by atoms with E-state index in [1.807, 2.05) is 0 Å². The molecule has 3 nitrogen and oxygen atoms in total. The second-order valence-corrected chi connectivity index (χ2v) is 4.97. The zero-order valence-corrected chi connectivity index (χ0v) is 10.6. The van der Waals surface area contributed by atoms with Crippen molar-refractivity contribution in [2.75, 3.05) is 13.1 Å². The van der Waals surface area contributed by atoms with Crippen LogP contribution in [-0.2, 0) is 19.4 Å². The molecule has 0 radical (unpaired) electrons. The van der Waals surface area contributed by atoms with E-state index in [0.717, 1.165) is 25.9 Å². The van der Waals surface area contributed by atoms with E-state index in [-0.39, 0.29) is 0 Å². The minimum atomic E-state index is 1.00. The molecule has 1 N–H and O–H groups in total. The highest BCUT2D eigenvalue weighted by atomic mass is 15.1. The molecule has 0 atom stereocenters. The number of fused-ring (bicyclic) bond motifs is 1. The smallest absolute Gasteiger partial charge is 0.109 e. The Bertz CT molecular complexity index is 443. The summed E-state index contributed by atoms with van der Waals surface area (Å²) in [7, 11) is 0. The van der Waals surface area contributed by atoms with Crippen LogP contribution in [0, 0.1) is 0 Å². The molecular formula is C14H21N3. The maximum Gasteiger partial charge on any atom is 0.109 e. The summed E-state index contributed by atoms with van der Waals surface area (Å²) in [6, 6.07) is 0. The van der Waals surface area contributed by atoms with Crippen LogP contribution in [0.5, 0.6) is 0 Å². The summed E-state index contributed by atoms with van der Waals surface area (Å²) < 4.78 is 2.47. The number of rotatable bonds is 2. The number of hydrogen-bond acceptors (Lipinski definition) is 2. The van der Waals surface area contributed by atoms with Gasteiger partial charge in [0.05, 0.1) is 5.69 Å². The van der Waals surface area contributed by atoms with Gasteiger partial charge in [0.15, 0.2) is 0 Å². The number of hydrogen-bond donors (Lipinski definition) is 1. The van der Waals surface area contributed by atoms with Crippen LogP contribution in [0.25, 0.3) is 5.57 Å². The highest BCUT2D eigenvalue weighted by Crippen LogP contribution is 2.28. The van der Waals surface area contributed by atoms with E-state index in [9.17, 15) is 0 Å². The Morgan fingerprint density at radius 3 is 3.06 bits per heavy atom. The van der Waals surface area contributed by atoms with Gasteiger partial charge in [0.2, 0.25) is 0 Å². The van der Waals surface area contributed by atoms with E-state index in [1.54, 1.807) is 0 Å². The van der Waals surface area contributed by atoms with Crippen molar-refractivity contribution in [3.05, 3.63) is 23.3 Å². The zero-order valence-electron chi connectivity index (χ0n) is 10.6. The van der Waals surface area contributed by atoms with E-state index in [0.29, 0.717) is 0 Å². The van der Waals surface area contributed by atoms with Crippen molar-refractivity contribution < 1.29 is 0 Å². The molecule has 0 saturated carbocycles. The first kappa shape index (κ1) is 11.0. The van der Waals surface area contributed by atoms with E-state index < -0.39 is 0 Å². The minimum Gasteiger partial charge on any atom is -0.331 e. The van der Waals surface area contributed by atoms with Crippen LogP contribution in [0.3, 0.4) is 0 Å². The Morgan fingerprint density at radius 1 is 1.35 bits per heavy atom. The Morgan fingerprint density at radius 2 is 2.29 bits per heavy atom. The molecule has 2 aliphatic heterocycles.